The Kier molecular flexibility index (Phi) is 5.91. The van der Waals surface area contributed by atoms with Gasteiger partial charge in [0.05, 0.1) is 23.6 Å². The third-order valence-electron chi connectivity index (χ3n) is 3.66. The van der Waals surface area contributed by atoms with Crippen LogP contribution in [0.25, 0.3) is 0 Å². The molecule has 0 aliphatic rings. The summed E-state index contributed by atoms with van der Waals surface area (Å²) in [6, 6.07) is 11.2. The maximum absolute atomic E-state index is 12.4. The fourth-order valence-corrected chi connectivity index (χ4v) is 2.60. The van der Waals surface area contributed by atoms with Crippen LogP contribution in [-0.4, -0.2) is 25.0 Å². The number of likely N-dealkylation sites (N-methyl/N-ethyl adjacent to an activating group) is 1. The number of carbonyl (C=O) groups excluding carboxylic acids is 1. The Hall–Kier alpha value is -1.71. The molecule has 0 atom stereocenters. The van der Waals surface area contributed by atoms with Gasteiger partial charge in [-0.25, -0.2) is 0 Å². The van der Waals surface area contributed by atoms with Gasteiger partial charge in [-0.2, -0.15) is 0 Å². The highest BCUT2D eigenvalue weighted by molar-refractivity contribution is 6.42. The van der Waals surface area contributed by atoms with E-state index >= 15 is 0 Å². The average Bonchev–Trinajstić information content (AvgIpc) is 2.52. The van der Waals surface area contributed by atoms with Gasteiger partial charge in [-0.05, 0) is 41.8 Å². The van der Waals surface area contributed by atoms with E-state index in [0.717, 1.165) is 22.4 Å². The molecule has 0 spiro atoms. The first-order chi connectivity index (χ1) is 10.9. The first kappa shape index (κ1) is 17.6. The Morgan fingerprint density at radius 1 is 1.09 bits per heavy atom. The van der Waals surface area contributed by atoms with Crippen LogP contribution >= 0.6 is 23.2 Å². The Morgan fingerprint density at radius 2 is 1.78 bits per heavy atom. The third-order valence-corrected chi connectivity index (χ3v) is 4.40. The standard InChI is InChI=1S/C18H19Cl2NO2/c1-12-4-5-13(9-17(12)23-3)10-18(22)21(2)11-14-6-7-15(19)16(20)8-14/h4-9H,10-11H2,1-3H3. The van der Waals surface area contributed by atoms with Gasteiger partial charge < -0.3 is 9.64 Å². The van der Waals surface area contributed by atoms with Crippen molar-refractivity contribution in [3.63, 3.8) is 0 Å². The molecular weight excluding hydrogens is 333 g/mol. The number of rotatable bonds is 5. The van der Waals surface area contributed by atoms with Gasteiger partial charge in [0, 0.05) is 13.6 Å². The van der Waals surface area contributed by atoms with E-state index in [9.17, 15) is 4.79 Å². The first-order valence-corrected chi connectivity index (χ1v) is 7.97. The normalized spacial score (nSPS) is 10.5. The van der Waals surface area contributed by atoms with Crippen molar-refractivity contribution in [1.82, 2.24) is 4.90 Å². The molecule has 23 heavy (non-hydrogen) atoms. The molecule has 0 fully saturated rings. The minimum Gasteiger partial charge on any atom is -0.496 e. The van der Waals surface area contributed by atoms with E-state index in [1.807, 2.05) is 31.2 Å². The summed E-state index contributed by atoms with van der Waals surface area (Å²) in [5, 5.41) is 1.00. The number of hydrogen-bond donors (Lipinski definition) is 0. The lowest BCUT2D eigenvalue weighted by molar-refractivity contribution is -0.129. The summed E-state index contributed by atoms with van der Waals surface area (Å²) in [7, 11) is 3.40. The second kappa shape index (κ2) is 7.71. The topological polar surface area (TPSA) is 29.5 Å². The van der Waals surface area contributed by atoms with Crippen molar-refractivity contribution >= 4 is 29.1 Å². The minimum absolute atomic E-state index is 0.0296. The van der Waals surface area contributed by atoms with Crippen molar-refractivity contribution in [3.8, 4) is 5.75 Å². The van der Waals surface area contributed by atoms with Crippen molar-refractivity contribution < 1.29 is 9.53 Å². The average molecular weight is 352 g/mol. The second-order valence-corrected chi connectivity index (χ2v) is 6.29. The third kappa shape index (κ3) is 4.63. The van der Waals surface area contributed by atoms with Gasteiger partial charge in [0.2, 0.25) is 5.91 Å². The van der Waals surface area contributed by atoms with Crippen molar-refractivity contribution in [2.75, 3.05) is 14.2 Å². The zero-order valence-corrected chi connectivity index (χ0v) is 14.9. The number of aryl methyl sites for hydroxylation is 1. The van der Waals surface area contributed by atoms with E-state index in [4.69, 9.17) is 27.9 Å². The zero-order chi connectivity index (χ0) is 17.0. The lowest BCUT2D eigenvalue weighted by Crippen LogP contribution is -2.27. The molecule has 0 heterocycles. The summed E-state index contributed by atoms with van der Waals surface area (Å²) in [6.07, 6.45) is 0.328. The number of amides is 1. The van der Waals surface area contributed by atoms with E-state index < -0.39 is 0 Å². The molecule has 0 aliphatic heterocycles. The molecule has 0 radical (unpaired) electrons. The van der Waals surface area contributed by atoms with Crippen molar-refractivity contribution in [2.45, 2.75) is 19.9 Å². The van der Waals surface area contributed by atoms with Gasteiger partial charge in [0.25, 0.3) is 0 Å². The number of ether oxygens (including phenoxy) is 1. The van der Waals surface area contributed by atoms with E-state index in [-0.39, 0.29) is 5.91 Å². The maximum Gasteiger partial charge on any atom is 0.227 e. The Labute approximate surface area is 146 Å². The molecule has 2 rings (SSSR count). The predicted octanol–water partition coefficient (Wildman–Crippen LogP) is 4.51. The number of nitrogens with zero attached hydrogens (tertiary/aromatic N) is 1. The van der Waals surface area contributed by atoms with E-state index in [1.165, 1.54) is 0 Å². The summed E-state index contributed by atoms with van der Waals surface area (Å²) < 4.78 is 5.30. The molecule has 0 saturated heterocycles. The smallest absolute Gasteiger partial charge is 0.227 e. The molecule has 0 N–H and O–H groups in total. The molecule has 2 aromatic rings. The molecule has 2 aromatic carbocycles. The Bertz CT molecular complexity index is 716. The second-order valence-electron chi connectivity index (χ2n) is 5.48. The van der Waals surface area contributed by atoms with Gasteiger partial charge in [0.15, 0.2) is 0 Å². The van der Waals surface area contributed by atoms with Crippen LogP contribution in [0.4, 0.5) is 0 Å². The molecule has 1 amide bonds. The number of methoxy groups -OCH3 is 1. The fourth-order valence-electron chi connectivity index (χ4n) is 2.28. The van der Waals surface area contributed by atoms with E-state index in [0.29, 0.717) is 23.0 Å². The first-order valence-electron chi connectivity index (χ1n) is 7.22. The van der Waals surface area contributed by atoms with Gasteiger partial charge in [-0.1, -0.05) is 41.4 Å². The summed E-state index contributed by atoms with van der Waals surface area (Å²) in [5.41, 5.74) is 2.92. The van der Waals surface area contributed by atoms with Crippen molar-refractivity contribution in [2.24, 2.45) is 0 Å². The summed E-state index contributed by atoms with van der Waals surface area (Å²) in [5.74, 6) is 0.824. The number of benzene rings is 2. The van der Waals surface area contributed by atoms with Crippen LogP contribution in [0.1, 0.15) is 16.7 Å². The predicted molar refractivity (Wildman–Crippen MR) is 94.4 cm³/mol. The van der Waals surface area contributed by atoms with Crippen LogP contribution in [0.5, 0.6) is 5.75 Å². The molecule has 5 heteroatoms. The Balaban J connectivity index is 2.03. The molecular formula is C18H19Cl2NO2. The highest BCUT2D eigenvalue weighted by Crippen LogP contribution is 2.23. The molecule has 0 unspecified atom stereocenters. The molecule has 122 valence electrons. The zero-order valence-electron chi connectivity index (χ0n) is 13.4. The lowest BCUT2D eigenvalue weighted by atomic mass is 10.1. The van der Waals surface area contributed by atoms with Crippen LogP contribution in [0.15, 0.2) is 36.4 Å². The number of halogens is 2. The molecule has 0 saturated carbocycles. The van der Waals surface area contributed by atoms with Gasteiger partial charge in [0.1, 0.15) is 5.75 Å². The number of carbonyl (C=O) groups is 1. The fraction of sp³-hybridized carbons (Fsp3) is 0.278. The highest BCUT2D eigenvalue weighted by Gasteiger charge is 2.12. The molecule has 0 bridgehead atoms. The van der Waals surface area contributed by atoms with E-state index in [1.54, 1.807) is 31.2 Å². The maximum atomic E-state index is 12.4. The number of hydrogen-bond acceptors (Lipinski definition) is 2. The van der Waals surface area contributed by atoms with Crippen molar-refractivity contribution in [1.29, 1.82) is 0 Å². The van der Waals surface area contributed by atoms with E-state index in [2.05, 4.69) is 0 Å². The lowest BCUT2D eigenvalue weighted by Gasteiger charge is -2.18. The minimum atomic E-state index is 0.0296. The largest absolute Gasteiger partial charge is 0.496 e. The Morgan fingerprint density at radius 3 is 2.43 bits per heavy atom. The van der Waals surface area contributed by atoms with Crippen LogP contribution in [0.3, 0.4) is 0 Å². The highest BCUT2D eigenvalue weighted by atomic mass is 35.5. The molecule has 0 aromatic heterocycles. The summed E-state index contributed by atoms with van der Waals surface area (Å²) in [6.45, 7) is 2.46. The van der Waals surface area contributed by atoms with Crippen LogP contribution in [0.2, 0.25) is 10.0 Å². The van der Waals surface area contributed by atoms with Crippen LogP contribution < -0.4 is 4.74 Å². The summed E-state index contributed by atoms with van der Waals surface area (Å²) in [4.78, 5) is 14.1. The van der Waals surface area contributed by atoms with Gasteiger partial charge in [-0.15, -0.1) is 0 Å². The molecule has 3 nitrogen and oxygen atoms in total. The summed E-state index contributed by atoms with van der Waals surface area (Å²) >= 11 is 11.9. The van der Waals surface area contributed by atoms with Crippen LogP contribution in [0, 0.1) is 6.92 Å². The quantitative estimate of drug-likeness (QED) is 0.792. The molecule has 0 aliphatic carbocycles. The van der Waals surface area contributed by atoms with Crippen molar-refractivity contribution in [3.05, 3.63) is 63.1 Å². The monoisotopic (exact) mass is 351 g/mol. The van der Waals surface area contributed by atoms with Gasteiger partial charge in [-0.3, -0.25) is 4.79 Å². The van der Waals surface area contributed by atoms with Crippen LogP contribution in [-0.2, 0) is 17.8 Å². The van der Waals surface area contributed by atoms with Gasteiger partial charge >= 0.3 is 0 Å². The SMILES string of the molecule is COc1cc(CC(=O)N(C)Cc2ccc(Cl)c(Cl)c2)ccc1C.